The number of pyridine rings is 1. The first-order valence-corrected chi connectivity index (χ1v) is 5.79. The molecule has 0 saturated carbocycles. The molecule has 2 aliphatic rings. The zero-order valence-corrected chi connectivity index (χ0v) is 11.9. The fourth-order valence-corrected chi connectivity index (χ4v) is 2.65. The van der Waals surface area contributed by atoms with Gasteiger partial charge in [-0.2, -0.15) is 0 Å². The third-order valence-electron chi connectivity index (χ3n) is 3.48. The molecule has 1 fully saturated rings. The number of allylic oxidation sites excluding steroid dienone is 1. The van der Waals surface area contributed by atoms with Crippen molar-refractivity contribution in [1.29, 1.82) is 0 Å². The van der Waals surface area contributed by atoms with Crippen LogP contribution in [-0.4, -0.2) is 24.7 Å². The largest absolute Gasteiger partial charge is 0.481 e. The van der Waals surface area contributed by atoms with E-state index in [1.165, 1.54) is 24.0 Å². The molecule has 3 rings (SSSR count). The van der Waals surface area contributed by atoms with Crippen LogP contribution < -0.4 is 10.1 Å². The number of methoxy groups -OCH3 is 1. The summed E-state index contributed by atoms with van der Waals surface area (Å²) in [5.74, 6) is 1.49. The molecule has 3 nitrogen and oxygen atoms in total. The van der Waals surface area contributed by atoms with Gasteiger partial charge in [0.15, 0.2) is 0 Å². The van der Waals surface area contributed by atoms with Gasteiger partial charge in [0.05, 0.1) is 7.11 Å². The summed E-state index contributed by atoms with van der Waals surface area (Å²) in [7, 11) is 1.64. The Labute approximate surface area is 120 Å². The summed E-state index contributed by atoms with van der Waals surface area (Å²) in [5, 5.41) is 3.52. The second kappa shape index (κ2) is 6.41. The number of rotatable bonds is 2. The number of halogens is 2. The minimum absolute atomic E-state index is 0. The van der Waals surface area contributed by atoms with Crippen molar-refractivity contribution in [3.8, 4) is 5.88 Å². The van der Waals surface area contributed by atoms with Crippen LogP contribution in [0.25, 0.3) is 5.57 Å². The smallest absolute Gasteiger partial charge is 0.212 e. The van der Waals surface area contributed by atoms with Crippen molar-refractivity contribution < 1.29 is 4.74 Å². The van der Waals surface area contributed by atoms with Gasteiger partial charge in [0.1, 0.15) is 0 Å². The molecule has 100 valence electrons. The van der Waals surface area contributed by atoms with Crippen LogP contribution in [0.4, 0.5) is 0 Å². The third-order valence-corrected chi connectivity index (χ3v) is 3.48. The molecular weight excluding hydrogens is 271 g/mol. The SMILES string of the molecule is COc1ccc(C2=CC3CC(CN3)C2)cn1.Cl.Cl. The van der Waals surface area contributed by atoms with E-state index in [-0.39, 0.29) is 24.8 Å². The fourth-order valence-electron chi connectivity index (χ4n) is 2.65. The summed E-state index contributed by atoms with van der Waals surface area (Å²) < 4.78 is 5.07. The van der Waals surface area contributed by atoms with Crippen LogP contribution in [0.1, 0.15) is 18.4 Å². The Hall–Kier alpha value is -0.770. The highest BCUT2D eigenvalue weighted by Crippen LogP contribution is 2.34. The molecule has 1 aliphatic heterocycles. The minimum Gasteiger partial charge on any atom is -0.481 e. The standard InChI is InChI=1S/C13H16N2O.2ClH/c1-16-13-3-2-10(8-15-13)11-4-9-5-12(6-11)14-7-9;;/h2-3,6,8-9,12,14H,4-5,7H2,1H3;2*1H. The molecule has 2 unspecified atom stereocenters. The molecule has 1 saturated heterocycles. The number of aromatic nitrogens is 1. The molecule has 0 aromatic carbocycles. The van der Waals surface area contributed by atoms with Crippen molar-refractivity contribution in [2.45, 2.75) is 18.9 Å². The quantitative estimate of drug-likeness (QED) is 0.909. The van der Waals surface area contributed by atoms with Crippen LogP contribution >= 0.6 is 24.8 Å². The van der Waals surface area contributed by atoms with Crippen molar-refractivity contribution in [3.05, 3.63) is 30.0 Å². The number of nitrogens with zero attached hydrogens (tertiary/aromatic N) is 1. The number of nitrogens with one attached hydrogen (secondary N) is 1. The summed E-state index contributed by atoms with van der Waals surface area (Å²) in [6.07, 6.45) is 6.74. The maximum Gasteiger partial charge on any atom is 0.212 e. The monoisotopic (exact) mass is 288 g/mol. The van der Waals surface area contributed by atoms with Crippen LogP contribution in [0.2, 0.25) is 0 Å². The summed E-state index contributed by atoms with van der Waals surface area (Å²) in [5.41, 5.74) is 2.67. The third kappa shape index (κ3) is 2.97. The Kier molecular flexibility index (Phi) is 5.45. The van der Waals surface area contributed by atoms with Crippen molar-refractivity contribution >= 4 is 30.4 Å². The van der Waals surface area contributed by atoms with E-state index in [1.807, 2.05) is 12.3 Å². The molecule has 2 heterocycles. The minimum atomic E-state index is 0. The predicted molar refractivity (Wildman–Crippen MR) is 77.8 cm³/mol. The lowest BCUT2D eigenvalue weighted by molar-refractivity contribution is 0.398. The van der Waals surface area contributed by atoms with Crippen LogP contribution in [0, 0.1) is 5.92 Å². The molecule has 1 aromatic heterocycles. The molecule has 18 heavy (non-hydrogen) atoms. The Morgan fingerprint density at radius 3 is 2.78 bits per heavy atom. The number of ether oxygens (including phenoxy) is 1. The zero-order chi connectivity index (χ0) is 11.0. The van der Waals surface area contributed by atoms with Crippen molar-refractivity contribution in [2.24, 2.45) is 5.92 Å². The van der Waals surface area contributed by atoms with Crippen molar-refractivity contribution in [2.75, 3.05) is 13.7 Å². The van der Waals surface area contributed by atoms with Gasteiger partial charge in [-0.3, -0.25) is 0 Å². The van der Waals surface area contributed by atoms with Crippen molar-refractivity contribution in [3.63, 3.8) is 0 Å². The highest BCUT2D eigenvalue weighted by molar-refractivity contribution is 5.85. The van der Waals surface area contributed by atoms with E-state index in [4.69, 9.17) is 4.74 Å². The fraction of sp³-hybridized carbons (Fsp3) is 0.462. The van der Waals surface area contributed by atoms with Crippen molar-refractivity contribution in [1.82, 2.24) is 10.3 Å². The maximum atomic E-state index is 5.07. The van der Waals surface area contributed by atoms with Gasteiger partial charge >= 0.3 is 0 Å². The summed E-state index contributed by atoms with van der Waals surface area (Å²) in [6.45, 7) is 1.16. The van der Waals surface area contributed by atoms with E-state index in [9.17, 15) is 0 Å². The second-order valence-electron chi connectivity index (χ2n) is 4.60. The molecule has 1 aliphatic carbocycles. The van der Waals surface area contributed by atoms with Gasteiger partial charge < -0.3 is 10.1 Å². The average molecular weight is 289 g/mol. The highest BCUT2D eigenvalue weighted by Gasteiger charge is 2.28. The zero-order valence-electron chi connectivity index (χ0n) is 10.3. The molecule has 1 N–H and O–H groups in total. The van der Waals surface area contributed by atoms with Crippen LogP contribution in [0.15, 0.2) is 24.4 Å². The lowest BCUT2D eigenvalue weighted by Crippen LogP contribution is -2.18. The number of hydrogen-bond donors (Lipinski definition) is 1. The predicted octanol–water partition coefficient (Wildman–Crippen LogP) is 2.70. The lowest BCUT2D eigenvalue weighted by atomic mass is 9.87. The first-order valence-electron chi connectivity index (χ1n) is 5.79. The Balaban J connectivity index is 0.000000810. The normalized spacial score (nSPS) is 24.6. The molecule has 0 radical (unpaired) electrons. The topological polar surface area (TPSA) is 34.1 Å². The Morgan fingerprint density at radius 1 is 1.33 bits per heavy atom. The summed E-state index contributed by atoms with van der Waals surface area (Å²) in [6, 6.07) is 4.61. The van der Waals surface area contributed by atoms with Gasteiger partial charge in [-0.25, -0.2) is 4.98 Å². The van der Waals surface area contributed by atoms with E-state index in [0.717, 1.165) is 12.5 Å². The molecule has 0 spiro atoms. The molecule has 1 aromatic rings. The van der Waals surface area contributed by atoms with E-state index in [0.29, 0.717) is 11.9 Å². The van der Waals surface area contributed by atoms with Gasteiger partial charge in [-0.15, -0.1) is 24.8 Å². The van der Waals surface area contributed by atoms with Crippen LogP contribution in [0.5, 0.6) is 5.88 Å². The highest BCUT2D eigenvalue weighted by atomic mass is 35.5. The first kappa shape index (κ1) is 15.3. The van der Waals surface area contributed by atoms with E-state index in [1.54, 1.807) is 7.11 Å². The number of fused-ring (bicyclic) bond motifs is 2. The number of hydrogen-bond acceptors (Lipinski definition) is 3. The van der Waals surface area contributed by atoms with Crippen LogP contribution in [0.3, 0.4) is 0 Å². The second-order valence-corrected chi connectivity index (χ2v) is 4.60. The van der Waals surface area contributed by atoms with E-state index < -0.39 is 0 Å². The summed E-state index contributed by atoms with van der Waals surface area (Å²) in [4.78, 5) is 4.26. The molecule has 5 heteroatoms. The van der Waals surface area contributed by atoms with Gasteiger partial charge in [-0.05, 0) is 42.5 Å². The maximum absolute atomic E-state index is 5.07. The van der Waals surface area contributed by atoms with Crippen LogP contribution in [-0.2, 0) is 0 Å². The molecular formula is C13H18Cl2N2O. The van der Waals surface area contributed by atoms with Gasteiger partial charge in [-0.1, -0.05) is 6.08 Å². The Morgan fingerprint density at radius 2 is 2.17 bits per heavy atom. The van der Waals surface area contributed by atoms with Gasteiger partial charge in [0.2, 0.25) is 5.88 Å². The molecule has 0 amide bonds. The summed E-state index contributed by atoms with van der Waals surface area (Å²) >= 11 is 0. The van der Waals surface area contributed by atoms with Gasteiger partial charge in [0.25, 0.3) is 0 Å². The Bertz CT molecular complexity index is 420. The van der Waals surface area contributed by atoms with E-state index >= 15 is 0 Å². The molecule has 2 atom stereocenters. The molecule has 2 bridgehead atoms. The van der Waals surface area contributed by atoms with Gasteiger partial charge in [0, 0.05) is 18.3 Å². The lowest BCUT2D eigenvalue weighted by Gasteiger charge is -2.18. The first-order chi connectivity index (χ1) is 7.85. The average Bonchev–Trinajstić information content (AvgIpc) is 2.68. The van der Waals surface area contributed by atoms with E-state index in [2.05, 4.69) is 22.4 Å².